The summed E-state index contributed by atoms with van der Waals surface area (Å²) in [5.41, 5.74) is -2.19. The summed E-state index contributed by atoms with van der Waals surface area (Å²) in [5, 5.41) is 27.4. The molecule has 0 aliphatic heterocycles. The van der Waals surface area contributed by atoms with Crippen molar-refractivity contribution < 1.29 is 28.2 Å². The predicted octanol–water partition coefficient (Wildman–Crippen LogP) is 3.62. The number of carboxylic acid groups (broad SMARTS) is 1. The van der Waals surface area contributed by atoms with Crippen LogP contribution in [0, 0.1) is 11.3 Å². The largest absolute Gasteiger partial charge is 0.510 e. The molecule has 4 nitrogen and oxygen atoms in total. The molecule has 2 N–H and O–H groups in total. The van der Waals surface area contributed by atoms with Crippen molar-refractivity contribution in [3.8, 4) is 6.07 Å². The number of carboxylic acids is 1. The van der Waals surface area contributed by atoms with Gasteiger partial charge in [-0.3, -0.25) is 0 Å². The molecule has 0 saturated carbocycles. The average Bonchev–Trinajstić information content (AvgIpc) is 2.39. The van der Waals surface area contributed by atoms with Crippen molar-refractivity contribution in [2.75, 3.05) is 0 Å². The van der Waals surface area contributed by atoms with Crippen molar-refractivity contribution >= 4 is 5.97 Å². The third kappa shape index (κ3) is 3.54. The number of hydrogen-bond donors (Lipinski definition) is 2. The first-order valence-corrected chi connectivity index (χ1v) is 5.96. The van der Waals surface area contributed by atoms with E-state index in [9.17, 15) is 23.1 Å². The fraction of sp³-hybridized carbons (Fsp3) is 0.286. The zero-order chi connectivity index (χ0) is 16.2. The first-order valence-electron chi connectivity index (χ1n) is 5.96. The van der Waals surface area contributed by atoms with Gasteiger partial charge in [-0.2, -0.15) is 18.4 Å². The smallest absolute Gasteiger partial charge is 0.416 e. The quantitative estimate of drug-likeness (QED) is 0.505. The lowest BCUT2D eigenvalue weighted by Gasteiger charge is -2.20. The van der Waals surface area contributed by atoms with E-state index in [-0.39, 0.29) is 12.0 Å². The highest BCUT2D eigenvalue weighted by Gasteiger charge is 2.36. The Morgan fingerprint density at radius 2 is 1.90 bits per heavy atom. The van der Waals surface area contributed by atoms with Crippen LogP contribution in [0.2, 0.25) is 0 Å². The van der Waals surface area contributed by atoms with Crippen LogP contribution in [-0.2, 0) is 11.0 Å². The summed E-state index contributed by atoms with van der Waals surface area (Å²) in [4.78, 5) is 10.8. The zero-order valence-corrected chi connectivity index (χ0v) is 11.0. The van der Waals surface area contributed by atoms with Crippen molar-refractivity contribution in [3.05, 3.63) is 46.7 Å². The topological polar surface area (TPSA) is 81.3 Å². The molecule has 1 aromatic carbocycles. The van der Waals surface area contributed by atoms with Gasteiger partial charge in [0.15, 0.2) is 5.57 Å². The fourth-order valence-electron chi connectivity index (χ4n) is 2.01. The van der Waals surface area contributed by atoms with Crippen LogP contribution in [0.25, 0.3) is 0 Å². The van der Waals surface area contributed by atoms with E-state index in [0.29, 0.717) is 0 Å². The summed E-state index contributed by atoms with van der Waals surface area (Å²) >= 11 is 0. The second-order valence-electron chi connectivity index (χ2n) is 4.22. The number of aliphatic hydroxyl groups is 1. The van der Waals surface area contributed by atoms with E-state index in [1.54, 1.807) is 0 Å². The number of nitrogens with zero attached hydrogens (tertiary/aromatic N) is 1. The van der Waals surface area contributed by atoms with Gasteiger partial charge >= 0.3 is 12.1 Å². The van der Waals surface area contributed by atoms with E-state index in [0.717, 1.165) is 12.1 Å². The average molecular weight is 299 g/mol. The molecule has 0 radical (unpaired) electrons. The van der Waals surface area contributed by atoms with Gasteiger partial charge in [0.25, 0.3) is 0 Å². The van der Waals surface area contributed by atoms with Crippen LogP contribution in [0.3, 0.4) is 0 Å². The molecule has 0 heterocycles. The molecular weight excluding hydrogens is 287 g/mol. The Morgan fingerprint density at radius 1 is 1.33 bits per heavy atom. The van der Waals surface area contributed by atoms with Crippen molar-refractivity contribution in [1.82, 2.24) is 0 Å². The SMILES string of the molecule is CCC(C(O)=C(C#N)C(=O)O)c1ccccc1C(F)(F)F. The van der Waals surface area contributed by atoms with E-state index in [1.807, 2.05) is 0 Å². The lowest BCUT2D eigenvalue weighted by Crippen LogP contribution is -2.15. The molecule has 0 spiro atoms. The van der Waals surface area contributed by atoms with E-state index >= 15 is 0 Å². The summed E-state index contributed by atoms with van der Waals surface area (Å²) in [5.74, 6) is -3.77. The minimum Gasteiger partial charge on any atom is -0.510 e. The molecule has 0 saturated heterocycles. The van der Waals surface area contributed by atoms with Crippen molar-refractivity contribution in [1.29, 1.82) is 5.26 Å². The van der Waals surface area contributed by atoms with Gasteiger partial charge in [-0.1, -0.05) is 25.1 Å². The number of allylic oxidation sites excluding steroid dienone is 1. The Kier molecular flexibility index (Phi) is 4.97. The molecule has 7 heteroatoms. The van der Waals surface area contributed by atoms with Crippen LogP contribution < -0.4 is 0 Å². The zero-order valence-electron chi connectivity index (χ0n) is 11.0. The van der Waals surface area contributed by atoms with Gasteiger partial charge in [0.1, 0.15) is 11.8 Å². The minimum atomic E-state index is -4.64. The van der Waals surface area contributed by atoms with Crippen LogP contribution >= 0.6 is 0 Å². The van der Waals surface area contributed by atoms with Gasteiger partial charge in [-0.05, 0) is 18.1 Å². The number of carbonyl (C=O) groups is 1. The van der Waals surface area contributed by atoms with Gasteiger partial charge in [0.05, 0.1) is 5.56 Å². The number of rotatable bonds is 4. The molecule has 1 unspecified atom stereocenters. The Balaban J connectivity index is 3.50. The normalized spacial score (nSPS) is 14.0. The Bertz CT molecular complexity index is 615. The van der Waals surface area contributed by atoms with Crippen LogP contribution in [0.4, 0.5) is 13.2 Å². The number of aliphatic hydroxyl groups excluding tert-OH is 1. The lowest BCUT2D eigenvalue weighted by atomic mass is 9.88. The molecule has 0 fully saturated rings. The highest BCUT2D eigenvalue weighted by Crippen LogP contribution is 2.38. The number of alkyl halides is 3. The van der Waals surface area contributed by atoms with Crippen molar-refractivity contribution in [2.45, 2.75) is 25.4 Å². The summed E-state index contributed by atoms with van der Waals surface area (Å²) in [7, 11) is 0. The molecule has 0 aromatic heterocycles. The minimum absolute atomic E-state index is 0.0113. The Hall–Kier alpha value is -2.49. The van der Waals surface area contributed by atoms with Crippen molar-refractivity contribution in [3.63, 3.8) is 0 Å². The fourth-order valence-corrected chi connectivity index (χ4v) is 2.01. The number of hydrogen-bond acceptors (Lipinski definition) is 3. The number of halogens is 3. The van der Waals surface area contributed by atoms with Crippen molar-refractivity contribution in [2.24, 2.45) is 0 Å². The highest BCUT2D eigenvalue weighted by atomic mass is 19.4. The molecule has 1 rings (SSSR count). The Morgan fingerprint density at radius 3 is 2.33 bits per heavy atom. The molecule has 0 aliphatic carbocycles. The summed E-state index contributed by atoms with van der Waals surface area (Å²) in [6, 6.07) is 5.85. The van der Waals surface area contributed by atoms with Gasteiger partial charge in [0.2, 0.25) is 0 Å². The molecule has 0 amide bonds. The molecular formula is C14H12F3NO3. The van der Waals surface area contributed by atoms with Gasteiger partial charge < -0.3 is 10.2 Å². The molecule has 1 aromatic rings. The van der Waals surface area contributed by atoms with Gasteiger partial charge in [-0.15, -0.1) is 0 Å². The first kappa shape index (κ1) is 16.6. The van der Waals surface area contributed by atoms with Gasteiger partial charge in [0, 0.05) is 5.92 Å². The van der Waals surface area contributed by atoms with E-state index < -0.39 is 35.0 Å². The standard InChI is InChI=1S/C14H12F3NO3/c1-2-8(12(19)10(7-18)13(20)21)9-5-3-4-6-11(9)14(15,16)17/h3-6,8,19H,2H2,1H3,(H,20,21). The molecule has 21 heavy (non-hydrogen) atoms. The molecule has 1 atom stereocenters. The maximum atomic E-state index is 13.0. The maximum absolute atomic E-state index is 13.0. The first-order chi connectivity index (χ1) is 9.73. The van der Waals surface area contributed by atoms with Crippen LogP contribution in [0.1, 0.15) is 30.4 Å². The number of nitriles is 1. The third-order valence-corrected chi connectivity index (χ3v) is 2.96. The van der Waals surface area contributed by atoms with Crippen LogP contribution in [0.15, 0.2) is 35.6 Å². The molecule has 0 bridgehead atoms. The van der Waals surface area contributed by atoms with Crippen LogP contribution in [-0.4, -0.2) is 16.2 Å². The molecule has 112 valence electrons. The Labute approximate surface area is 118 Å². The van der Waals surface area contributed by atoms with Gasteiger partial charge in [-0.25, -0.2) is 4.79 Å². The van der Waals surface area contributed by atoms with E-state index in [4.69, 9.17) is 10.4 Å². The third-order valence-electron chi connectivity index (χ3n) is 2.96. The summed E-state index contributed by atoms with van der Waals surface area (Å²) in [6.45, 7) is 1.49. The van der Waals surface area contributed by atoms with Crippen LogP contribution in [0.5, 0.6) is 0 Å². The summed E-state index contributed by atoms with van der Waals surface area (Å²) < 4.78 is 38.9. The van der Waals surface area contributed by atoms with E-state index in [2.05, 4.69) is 0 Å². The highest BCUT2D eigenvalue weighted by molar-refractivity contribution is 5.91. The second kappa shape index (κ2) is 6.31. The molecule has 0 aliphatic rings. The predicted molar refractivity (Wildman–Crippen MR) is 67.4 cm³/mol. The summed E-state index contributed by atoms with van der Waals surface area (Å²) in [6.07, 6.45) is -4.63. The maximum Gasteiger partial charge on any atom is 0.416 e. The monoisotopic (exact) mass is 299 g/mol. The number of benzene rings is 1. The number of aliphatic carboxylic acids is 1. The second-order valence-corrected chi connectivity index (χ2v) is 4.22. The lowest BCUT2D eigenvalue weighted by molar-refractivity contribution is -0.138. The van der Waals surface area contributed by atoms with E-state index in [1.165, 1.54) is 25.1 Å².